The van der Waals surface area contributed by atoms with Gasteiger partial charge in [-0.15, -0.1) is 0 Å². The predicted molar refractivity (Wildman–Crippen MR) is 120 cm³/mol. The molecule has 0 bridgehead atoms. The number of carbonyl (C=O) groups excluding carboxylic acids is 2. The summed E-state index contributed by atoms with van der Waals surface area (Å²) in [7, 11) is 0. The van der Waals surface area contributed by atoms with E-state index in [1.165, 1.54) is 32.2 Å². The van der Waals surface area contributed by atoms with Crippen LogP contribution < -0.4 is 10.6 Å². The molecule has 168 valence electrons. The number of piperidine rings is 1. The molecule has 0 radical (unpaired) electrons. The summed E-state index contributed by atoms with van der Waals surface area (Å²) in [6.45, 7) is 11.6. The van der Waals surface area contributed by atoms with Gasteiger partial charge in [0, 0.05) is 25.0 Å². The van der Waals surface area contributed by atoms with Gasteiger partial charge in [0.15, 0.2) is 0 Å². The lowest BCUT2D eigenvalue weighted by molar-refractivity contribution is -0.133. The largest absolute Gasteiger partial charge is 0.354 e. The lowest BCUT2D eigenvalue weighted by Gasteiger charge is -2.35. The van der Waals surface area contributed by atoms with Crippen LogP contribution in [0.2, 0.25) is 0 Å². The van der Waals surface area contributed by atoms with Crippen molar-refractivity contribution in [3.63, 3.8) is 0 Å². The summed E-state index contributed by atoms with van der Waals surface area (Å²) in [5.41, 5.74) is 0. The van der Waals surface area contributed by atoms with Crippen LogP contribution >= 0.6 is 0 Å². The first kappa shape index (κ1) is 24.2. The Bertz CT molecular complexity index is 502. The number of carbonyl (C=O) groups is 2. The van der Waals surface area contributed by atoms with Crippen LogP contribution in [-0.2, 0) is 9.59 Å². The average molecular weight is 408 g/mol. The first-order valence-electron chi connectivity index (χ1n) is 12.3. The molecule has 1 saturated carbocycles. The first-order chi connectivity index (χ1) is 14.0. The van der Waals surface area contributed by atoms with E-state index in [4.69, 9.17) is 0 Å². The van der Waals surface area contributed by atoms with Crippen molar-refractivity contribution in [1.29, 1.82) is 0 Å². The van der Waals surface area contributed by atoms with Crippen LogP contribution in [0.4, 0.5) is 0 Å². The SMILES string of the molecule is CC[C@H]1CCCCN1CCCNC(=O)[C@@H](NC(=O)C1CCC(C)CC1)[C@@H](C)CC. The van der Waals surface area contributed by atoms with Crippen molar-refractivity contribution in [2.75, 3.05) is 19.6 Å². The Balaban J connectivity index is 1.78. The zero-order valence-corrected chi connectivity index (χ0v) is 19.3. The molecular weight excluding hydrogens is 362 g/mol. The maximum Gasteiger partial charge on any atom is 0.242 e. The molecule has 1 saturated heterocycles. The van der Waals surface area contributed by atoms with Crippen molar-refractivity contribution in [2.45, 2.75) is 104 Å². The molecule has 2 aliphatic rings. The van der Waals surface area contributed by atoms with E-state index in [9.17, 15) is 9.59 Å². The van der Waals surface area contributed by atoms with Crippen LogP contribution in [0, 0.1) is 17.8 Å². The lowest BCUT2D eigenvalue weighted by atomic mass is 9.82. The molecule has 5 nitrogen and oxygen atoms in total. The van der Waals surface area contributed by atoms with Gasteiger partial charge < -0.3 is 15.5 Å². The zero-order chi connectivity index (χ0) is 21.2. The summed E-state index contributed by atoms with van der Waals surface area (Å²) in [4.78, 5) is 28.2. The van der Waals surface area contributed by atoms with Crippen molar-refractivity contribution in [2.24, 2.45) is 17.8 Å². The highest BCUT2D eigenvalue weighted by Gasteiger charge is 2.30. The third kappa shape index (κ3) is 7.58. The molecule has 3 atom stereocenters. The molecule has 0 aromatic rings. The van der Waals surface area contributed by atoms with E-state index in [0.29, 0.717) is 12.6 Å². The smallest absolute Gasteiger partial charge is 0.242 e. The molecule has 1 aliphatic carbocycles. The number of nitrogens with zero attached hydrogens (tertiary/aromatic N) is 1. The van der Waals surface area contributed by atoms with Crippen LogP contribution in [0.25, 0.3) is 0 Å². The number of hydrogen-bond acceptors (Lipinski definition) is 3. The van der Waals surface area contributed by atoms with Crippen molar-refractivity contribution in [3.8, 4) is 0 Å². The van der Waals surface area contributed by atoms with Crippen LogP contribution in [0.3, 0.4) is 0 Å². The minimum Gasteiger partial charge on any atom is -0.354 e. The van der Waals surface area contributed by atoms with Gasteiger partial charge >= 0.3 is 0 Å². The molecule has 29 heavy (non-hydrogen) atoms. The normalized spacial score (nSPS) is 27.8. The van der Waals surface area contributed by atoms with Gasteiger partial charge in [-0.1, -0.05) is 40.5 Å². The summed E-state index contributed by atoms with van der Waals surface area (Å²) < 4.78 is 0. The lowest BCUT2D eigenvalue weighted by Crippen LogP contribution is -2.52. The Morgan fingerprint density at radius 1 is 1.07 bits per heavy atom. The summed E-state index contributed by atoms with van der Waals surface area (Å²) in [6.07, 6.45) is 11.2. The summed E-state index contributed by atoms with van der Waals surface area (Å²) in [6, 6.07) is 0.301. The highest BCUT2D eigenvalue weighted by Crippen LogP contribution is 2.28. The van der Waals surface area contributed by atoms with Crippen LogP contribution in [0.15, 0.2) is 0 Å². The molecule has 2 rings (SSSR count). The number of hydrogen-bond donors (Lipinski definition) is 2. The minimum atomic E-state index is -0.412. The number of nitrogens with one attached hydrogen (secondary N) is 2. The fourth-order valence-corrected chi connectivity index (χ4v) is 4.92. The molecule has 1 heterocycles. The minimum absolute atomic E-state index is 0.0115. The second-order valence-corrected chi connectivity index (χ2v) is 9.57. The molecule has 0 aromatic carbocycles. The van der Waals surface area contributed by atoms with E-state index in [2.05, 4.69) is 43.2 Å². The van der Waals surface area contributed by atoms with Gasteiger partial charge in [0.1, 0.15) is 6.04 Å². The third-order valence-corrected chi connectivity index (χ3v) is 7.32. The van der Waals surface area contributed by atoms with E-state index in [0.717, 1.165) is 51.0 Å². The zero-order valence-electron chi connectivity index (χ0n) is 19.3. The number of likely N-dealkylation sites (tertiary alicyclic amines) is 1. The molecule has 0 unspecified atom stereocenters. The quantitative estimate of drug-likeness (QED) is 0.536. The summed E-state index contributed by atoms with van der Waals surface area (Å²) in [5, 5.41) is 6.20. The second kappa shape index (κ2) is 12.6. The highest BCUT2D eigenvalue weighted by molar-refractivity contribution is 5.88. The predicted octanol–water partition coefficient (Wildman–Crippen LogP) is 4.11. The number of rotatable bonds is 10. The van der Waals surface area contributed by atoms with E-state index in [-0.39, 0.29) is 23.7 Å². The fourth-order valence-electron chi connectivity index (χ4n) is 4.92. The Hall–Kier alpha value is -1.10. The molecule has 2 fully saturated rings. The van der Waals surface area contributed by atoms with E-state index in [1.54, 1.807) is 0 Å². The second-order valence-electron chi connectivity index (χ2n) is 9.57. The molecule has 1 aliphatic heterocycles. The third-order valence-electron chi connectivity index (χ3n) is 7.32. The van der Waals surface area contributed by atoms with Gasteiger partial charge in [0.25, 0.3) is 0 Å². The topological polar surface area (TPSA) is 61.4 Å². The molecule has 2 N–H and O–H groups in total. The highest BCUT2D eigenvalue weighted by atomic mass is 16.2. The Labute approximate surface area is 178 Å². The molecule has 2 amide bonds. The van der Waals surface area contributed by atoms with Crippen LogP contribution in [0.5, 0.6) is 0 Å². The van der Waals surface area contributed by atoms with Gasteiger partial charge in [0.05, 0.1) is 0 Å². The Morgan fingerprint density at radius 2 is 1.79 bits per heavy atom. The van der Waals surface area contributed by atoms with Crippen LogP contribution in [-0.4, -0.2) is 48.4 Å². The molecule has 5 heteroatoms. The van der Waals surface area contributed by atoms with E-state index in [1.807, 2.05) is 0 Å². The number of amides is 2. The maximum atomic E-state index is 12.8. The fraction of sp³-hybridized carbons (Fsp3) is 0.917. The van der Waals surface area contributed by atoms with Gasteiger partial charge in [0.2, 0.25) is 11.8 Å². The van der Waals surface area contributed by atoms with Gasteiger partial charge in [-0.25, -0.2) is 0 Å². The Morgan fingerprint density at radius 3 is 2.45 bits per heavy atom. The maximum absolute atomic E-state index is 12.8. The summed E-state index contributed by atoms with van der Waals surface area (Å²) in [5.74, 6) is 1.02. The molecular formula is C24H45N3O2. The van der Waals surface area contributed by atoms with E-state index >= 15 is 0 Å². The molecule has 0 spiro atoms. The Kier molecular flexibility index (Phi) is 10.5. The monoisotopic (exact) mass is 407 g/mol. The van der Waals surface area contributed by atoms with Crippen LogP contribution in [0.1, 0.15) is 91.9 Å². The van der Waals surface area contributed by atoms with Crippen molar-refractivity contribution >= 4 is 11.8 Å². The van der Waals surface area contributed by atoms with Crippen molar-refractivity contribution in [3.05, 3.63) is 0 Å². The van der Waals surface area contributed by atoms with Gasteiger partial charge in [-0.3, -0.25) is 9.59 Å². The van der Waals surface area contributed by atoms with Crippen molar-refractivity contribution < 1.29 is 9.59 Å². The summed E-state index contributed by atoms with van der Waals surface area (Å²) >= 11 is 0. The molecule has 0 aromatic heterocycles. The van der Waals surface area contributed by atoms with Crippen molar-refractivity contribution in [1.82, 2.24) is 15.5 Å². The average Bonchev–Trinajstić information content (AvgIpc) is 2.74. The van der Waals surface area contributed by atoms with Gasteiger partial charge in [-0.2, -0.15) is 0 Å². The van der Waals surface area contributed by atoms with E-state index < -0.39 is 6.04 Å². The standard InChI is InChI=1S/C24H45N3O2/c1-5-19(4)22(26-23(28)20-13-11-18(3)12-14-20)24(29)25-15-9-17-27-16-8-7-10-21(27)6-2/h18-22H,5-17H2,1-4H3,(H,25,29)(H,26,28)/t18?,19-,20?,21-,22-/m0/s1. The first-order valence-corrected chi connectivity index (χ1v) is 12.3. The van der Waals surface area contributed by atoms with Gasteiger partial charge in [-0.05, 0) is 69.7 Å².